The first kappa shape index (κ1) is 13.3. The third-order valence-corrected chi connectivity index (χ3v) is 2.65. The van der Waals surface area contributed by atoms with Gasteiger partial charge in [-0.3, -0.25) is 0 Å². The van der Waals surface area contributed by atoms with Gasteiger partial charge in [0.15, 0.2) is 0 Å². The predicted octanol–water partition coefficient (Wildman–Crippen LogP) is 3.01. The highest BCUT2D eigenvalue weighted by Crippen LogP contribution is 2.18. The molecule has 1 heterocycles. The summed E-state index contributed by atoms with van der Waals surface area (Å²) in [5.41, 5.74) is 6.42. The highest BCUT2D eigenvalue weighted by Gasteiger charge is 2.02. The summed E-state index contributed by atoms with van der Waals surface area (Å²) in [4.78, 5) is 4.09. The third-order valence-electron chi connectivity index (χ3n) is 2.31. The maximum Gasteiger partial charge on any atom is 0.213 e. The number of ether oxygens (including phenoxy) is 1. The van der Waals surface area contributed by atoms with Crippen LogP contribution in [0.3, 0.4) is 0 Å². The largest absolute Gasteiger partial charge is 0.478 e. The lowest BCUT2D eigenvalue weighted by Gasteiger charge is -2.08. The van der Waals surface area contributed by atoms with Crippen LogP contribution in [-0.4, -0.2) is 11.6 Å². The quantitative estimate of drug-likeness (QED) is 0.781. The van der Waals surface area contributed by atoms with Gasteiger partial charge < -0.3 is 10.5 Å². The minimum Gasteiger partial charge on any atom is -0.478 e. The molecule has 0 aromatic carbocycles. The molecule has 0 bridgehead atoms. The van der Waals surface area contributed by atoms with Gasteiger partial charge in [0.05, 0.1) is 11.6 Å². The van der Waals surface area contributed by atoms with Crippen LogP contribution in [0.1, 0.15) is 32.3 Å². The van der Waals surface area contributed by atoms with Gasteiger partial charge in [-0.2, -0.15) is 0 Å². The van der Waals surface area contributed by atoms with E-state index in [0.717, 1.165) is 18.4 Å². The maximum atomic E-state index is 5.90. The molecule has 4 heteroatoms. The van der Waals surface area contributed by atoms with Crippen LogP contribution in [0.25, 0.3) is 0 Å². The monoisotopic (exact) mass is 242 g/mol. The minimum atomic E-state index is 0.406. The van der Waals surface area contributed by atoms with Gasteiger partial charge >= 0.3 is 0 Å². The first-order chi connectivity index (χ1) is 7.63. The van der Waals surface area contributed by atoms with E-state index in [-0.39, 0.29) is 0 Å². The summed E-state index contributed by atoms with van der Waals surface area (Å²) in [6, 6.07) is 1.80. The number of rotatable bonds is 6. The Kier molecular flexibility index (Phi) is 5.56. The van der Waals surface area contributed by atoms with Crippen molar-refractivity contribution in [3.05, 3.63) is 22.8 Å². The molecule has 0 fully saturated rings. The number of nitrogens with two attached hydrogens (primary N) is 1. The van der Waals surface area contributed by atoms with Gasteiger partial charge in [-0.1, -0.05) is 25.4 Å². The molecule has 1 aromatic rings. The molecule has 1 aromatic heterocycles. The number of aromatic nitrogens is 1. The highest BCUT2D eigenvalue weighted by atomic mass is 35.5. The molecule has 0 amide bonds. The molecule has 0 atom stereocenters. The van der Waals surface area contributed by atoms with Crippen LogP contribution < -0.4 is 10.5 Å². The number of pyridine rings is 1. The lowest BCUT2D eigenvalue weighted by atomic mass is 10.1. The van der Waals surface area contributed by atoms with E-state index >= 15 is 0 Å². The summed E-state index contributed by atoms with van der Waals surface area (Å²) in [5, 5.41) is 0.594. The maximum absolute atomic E-state index is 5.90. The lowest BCUT2D eigenvalue weighted by Crippen LogP contribution is -2.03. The van der Waals surface area contributed by atoms with Crippen LogP contribution in [0.5, 0.6) is 5.88 Å². The van der Waals surface area contributed by atoms with Crippen molar-refractivity contribution >= 4 is 11.6 Å². The first-order valence-corrected chi connectivity index (χ1v) is 5.98. The van der Waals surface area contributed by atoms with E-state index in [2.05, 4.69) is 18.8 Å². The van der Waals surface area contributed by atoms with Crippen LogP contribution in [0.2, 0.25) is 5.02 Å². The molecule has 3 nitrogen and oxygen atoms in total. The summed E-state index contributed by atoms with van der Waals surface area (Å²) in [7, 11) is 0. The molecular weight excluding hydrogens is 224 g/mol. The molecule has 90 valence electrons. The Hall–Kier alpha value is -0.800. The molecule has 0 saturated heterocycles. The molecule has 0 saturated carbocycles. The van der Waals surface area contributed by atoms with Gasteiger partial charge in [-0.05, 0) is 24.3 Å². The van der Waals surface area contributed by atoms with Crippen LogP contribution in [0.4, 0.5) is 0 Å². The molecule has 0 unspecified atom stereocenters. The first-order valence-electron chi connectivity index (χ1n) is 5.60. The van der Waals surface area contributed by atoms with Crippen molar-refractivity contribution in [3.8, 4) is 5.88 Å². The number of hydrogen-bond donors (Lipinski definition) is 1. The van der Waals surface area contributed by atoms with Crippen molar-refractivity contribution in [2.45, 2.75) is 33.2 Å². The van der Waals surface area contributed by atoms with Crippen LogP contribution in [-0.2, 0) is 6.54 Å². The van der Waals surface area contributed by atoms with E-state index in [1.54, 1.807) is 12.3 Å². The van der Waals surface area contributed by atoms with Crippen LogP contribution in [0.15, 0.2) is 12.3 Å². The van der Waals surface area contributed by atoms with E-state index in [4.69, 9.17) is 22.1 Å². The van der Waals surface area contributed by atoms with E-state index in [9.17, 15) is 0 Å². The fraction of sp³-hybridized carbons (Fsp3) is 0.583. The van der Waals surface area contributed by atoms with Crippen molar-refractivity contribution in [1.82, 2.24) is 4.98 Å². The van der Waals surface area contributed by atoms with Gasteiger partial charge in [0.2, 0.25) is 5.88 Å². The van der Waals surface area contributed by atoms with Crippen molar-refractivity contribution in [2.75, 3.05) is 6.61 Å². The molecule has 0 aliphatic carbocycles. The molecule has 0 aliphatic heterocycles. The minimum absolute atomic E-state index is 0.406. The van der Waals surface area contributed by atoms with Crippen LogP contribution in [0, 0.1) is 5.92 Å². The summed E-state index contributed by atoms with van der Waals surface area (Å²) < 4.78 is 5.53. The highest BCUT2D eigenvalue weighted by molar-refractivity contribution is 6.31. The van der Waals surface area contributed by atoms with Crippen LogP contribution >= 0.6 is 11.6 Å². The number of halogens is 1. The molecule has 0 radical (unpaired) electrons. The Labute approximate surface area is 102 Å². The van der Waals surface area contributed by atoms with E-state index < -0.39 is 0 Å². The zero-order valence-electron chi connectivity index (χ0n) is 9.87. The molecule has 2 N–H and O–H groups in total. The molecular formula is C12H19ClN2O. The average Bonchev–Trinajstić information content (AvgIpc) is 2.26. The Morgan fingerprint density at radius 2 is 2.25 bits per heavy atom. The number of hydrogen-bond acceptors (Lipinski definition) is 3. The standard InChI is InChI=1S/C12H19ClN2O/c1-9(2)4-3-5-16-12-6-10(7-14)11(13)8-15-12/h6,8-9H,3-5,7,14H2,1-2H3. The van der Waals surface area contributed by atoms with Gasteiger partial charge in [-0.15, -0.1) is 0 Å². The fourth-order valence-electron chi connectivity index (χ4n) is 1.36. The topological polar surface area (TPSA) is 48.1 Å². The zero-order valence-corrected chi connectivity index (χ0v) is 10.6. The number of nitrogens with zero attached hydrogens (tertiary/aromatic N) is 1. The summed E-state index contributed by atoms with van der Waals surface area (Å²) >= 11 is 5.90. The van der Waals surface area contributed by atoms with E-state index in [1.165, 1.54) is 0 Å². The van der Waals surface area contributed by atoms with Crippen molar-refractivity contribution in [2.24, 2.45) is 11.7 Å². The third kappa shape index (κ3) is 4.37. The van der Waals surface area contributed by atoms with Gasteiger partial charge in [0, 0.05) is 18.8 Å². The predicted molar refractivity (Wildman–Crippen MR) is 66.7 cm³/mol. The van der Waals surface area contributed by atoms with Gasteiger partial charge in [0.1, 0.15) is 0 Å². The molecule has 0 aliphatic rings. The smallest absolute Gasteiger partial charge is 0.213 e. The summed E-state index contributed by atoms with van der Waals surface area (Å²) in [6.45, 7) is 5.50. The Morgan fingerprint density at radius 1 is 1.50 bits per heavy atom. The average molecular weight is 243 g/mol. The van der Waals surface area contributed by atoms with E-state index in [0.29, 0.717) is 30.0 Å². The second-order valence-electron chi connectivity index (χ2n) is 4.20. The normalized spacial score (nSPS) is 10.8. The second kappa shape index (κ2) is 6.71. The lowest BCUT2D eigenvalue weighted by molar-refractivity contribution is 0.287. The SMILES string of the molecule is CC(C)CCCOc1cc(CN)c(Cl)cn1. The van der Waals surface area contributed by atoms with Crippen molar-refractivity contribution in [1.29, 1.82) is 0 Å². The summed E-state index contributed by atoms with van der Waals surface area (Å²) in [6.07, 6.45) is 3.79. The van der Waals surface area contributed by atoms with Gasteiger partial charge in [-0.25, -0.2) is 4.98 Å². The second-order valence-corrected chi connectivity index (χ2v) is 4.61. The van der Waals surface area contributed by atoms with Crippen molar-refractivity contribution in [3.63, 3.8) is 0 Å². The Bertz CT molecular complexity index is 329. The Morgan fingerprint density at radius 3 is 2.88 bits per heavy atom. The zero-order chi connectivity index (χ0) is 12.0. The van der Waals surface area contributed by atoms with Crippen molar-refractivity contribution < 1.29 is 4.74 Å². The molecule has 16 heavy (non-hydrogen) atoms. The Balaban J connectivity index is 2.42. The summed E-state index contributed by atoms with van der Waals surface area (Å²) in [5.74, 6) is 1.31. The van der Waals surface area contributed by atoms with Gasteiger partial charge in [0.25, 0.3) is 0 Å². The van der Waals surface area contributed by atoms with E-state index in [1.807, 2.05) is 0 Å². The molecule has 0 spiro atoms. The fourth-order valence-corrected chi connectivity index (χ4v) is 1.54. The molecule has 1 rings (SSSR count).